The lowest BCUT2D eigenvalue weighted by Gasteiger charge is -2.47. The Bertz CT molecular complexity index is 499. The normalized spacial score (nSPS) is 27.9. The molecule has 2 N–H and O–H groups in total. The molecule has 0 radical (unpaired) electrons. The molecule has 1 unspecified atom stereocenters. The first-order valence-electron chi connectivity index (χ1n) is 7.27. The fraction of sp³-hybridized carbons (Fsp3) is 0.714. The molecule has 3 heterocycles. The fourth-order valence-electron chi connectivity index (χ4n) is 3.74. The number of hydrogen-bond acceptors (Lipinski definition) is 5. The van der Waals surface area contributed by atoms with E-state index in [0.29, 0.717) is 16.8 Å². The van der Waals surface area contributed by atoms with Crippen LogP contribution in [0.3, 0.4) is 0 Å². The van der Waals surface area contributed by atoms with Crippen LogP contribution in [0.2, 0.25) is 0 Å². The zero-order valence-electron chi connectivity index (χ0n) is 12.0. The van der Waals surface area contributed by atoms with E-state index in [2.05, 4.69) is 16.3 Å². The molecule has 0 aromatic carbocycles. The number of rotatable bonds is 1. The largest absolute Gasteiger partial charge is 0.382 e. The summed E-state index contributed by atoms with van der Waals surface area (Å²) in [5, 5.41) is 1.77. The van der Waals surface area contributed by atoms with E-state index in [0.717, 1.165) is 26.1 Å². The Balaban J connectivity index is 1.75. The first-order valence-corrected chi connectivity index (χ1v) is 8.11. The molecule has 0 bridgehead atoms. The van der Waals surface area contributed by atoms with Gasteiger partial charge in [-0.05, 0) is 50.8 Å². The van der Waals surface area contributed by atoms with Crippen LogP contribution in [-0.4, -0.2) is 53.3 Å². The fourth-order valence-corrected chi connectivity index (χ4v) is 4.34. The van der Waals surface area contributed by atoms with E-state index in [4.69, 9.17) is 5.73 Å². The summed E-state index contributed by atoms with van der Waals surface area (Å²) in [6.45, 7) is 4.00. The van der Waals surface area contributed by atoms with E-state index in [1.165, 1.54) is 37.3 Å². The van der Waals surface area contributed by atoms with Gasteiger partial charge in [0.25, 0.3) is 5.91 Å². The van der Waals surface area contributed by atoms with E-state index < -0.39 is 0 Å². The van der Waals surface area contributed by atoms with Crippen LogP contribution in [0.4, 0.5) is 5.82 Å². The molecule has 110 valence electrons. The second-order valence-corrected chi connectivity index (χ2v) is 6.91. The average Bonchev–Trinajstić information content (AvgIpc) is 2.84. The Labute approximate surface area is 123 Å². The minimum absolute atomic E-state index is 0.0588. The van der Waals surface area contributed by atoms with Crippen LogP contribution < -0.4 is 5.73 Å². The SMILES string of the molecule is CN1CCCC2(CCCN(C(=O)c3csnc3N)C2)C1. The van der Waals surface area contributed by atoms with E-state index in [1.807, 2.05) is 4.90 Å². The number of nitrogens with zero attached hydrogens (tertiary/aromatic N) is 3. The summed E-state index contributed by atoms with van der Waals surface area (Å²) in [5.74, 6) is 0.434. The summed E-state index contributed by atoms with van der Waals surface area (Å²) in [4.78, 5) is 17.0. The van der Waals surface area contributed by atoms with Crippen molar-refractivity contribution >= 4 is 23.3 Å². The lowest BCUT2D eigenvalue weighted by Crippen LogP contribution is -2.52. The second kappa shape index (κ2) is 5.33. The van der Waals surface area contributed by atoms with Gasteiger partial charge in [-0.1, -0.05) is 0 Å². The first-order chi connectivity index (χ1) is 9.60. The summed E-state index contributed by atoms with van der Waals surface area (Å²) in [6.07, 6.45) is 4.80. The van der Waals surface area contributed by atoms with Crippen molar-refractivity contribution < 1.29 is 4.79 Å². The molecule has 1 atom stereocenters. The van der Waals surface area contributed by atoms with Gasteiger partial charge in [0.2, 0.25) is 0 Å². The molecule has 6 heteroatoms. The highest BCUT2D eigenvalue weighted by Gasteiger charge is 2.40. The maximum absolute atomic E-state index is 12.6. The summed E-state index contributed by atoms with van der Waals surface area (Å²) >= 11 is 1.26. The van der Waals surface area contributed by atoms with Crippen molar-refractivity contribution in [2.45, 2.75) is 25.7 Å². The Kier molecular flexibility index (Phi) is 3.69. The lowest BCUT2D eigenvalue weighted by atomic mass is 9.74. The number of carbonyl (C=O) groups excluding carboxylic acids is 1. The molecular formula is C14H22N4OS. The molecule has 2 aliphatic heterocycles. The number of anilines is 1. The predicted molar refractivity (Wildman–Crippen MR) is 80.8 cm³/mol. The van der Waals surface area contributed by atoms with Crippen LogP contribution in [0.5, 0.6) is 0 Å². The Hall–Kier alpha value is -1.14. The Morgan fingerprint density at radius 2 is 2.10 bits per heavy atom. The van der Waals surface area contributed by atoms with Crippen LogP contribution in [-0.2, 0) is 0 Å². The zero-order chi connectivity index (χ0) is 14.2. The molecule has 1 aromatic heterocycles. The number of carbonyl (C=O) groups is 1. The van der Waals surface area contributed by atoms with E-state index in [-0.39, 0.29) is 5.91 Å². The summed E-state index contributed by atoms with van der Waals surface area (Å²) in [7, 11) is 2.18. The molecule has 0 saturated carbocycles. The van der Waals surface area contributed by atoms with Crippen molar-refractivity contribution in [2.24, 2.45) is 5.41 Å². The quantitative estimate of drug-likeness (QED) is 0.856. The minimum atomic E-state index is 0.0588. The number of piperidine rings is 2. The Morgan fingerprint density at radius 3 is 2.75 bits per heavy atom. The number of nitrogens with two attached hydrogens (primary N) is 1. The summed E-state index contributed by atoms with van der Waals surface area (Å²) in [5.41, 5.74) is 6.65. The molecule has 5 nitrogen and oxygen atoms in total. The number of aromatic nitrogens is 1. The van der Waals surface area contributed by atoms with Crippen molar-refractivity contribution in [3.05, 3.63) is 10.9 Å². The molecule has 2 fully saturated rings. The third-order valence-corrected chi connectivity index (χ3v) is 5.27. The van der Waals surface area contributed by atoms with E-state index in [9.17, 15) is 4.79 Å². The van der Waals surface area contributed by atoms with Crippen molar-refractivity contribution in [3.8, 4) is 0 Å². The lowest BCUT2D eigenvalue weighted by molar-refractivity contribution is 0.0207. The van der Waals surface area contributed by atoms with Crippen LogP contribution in [0.25, 0.3) is 0 Å². The van der Waals surface area contributed by atoms with Gasteiger partial charge in [-0.3, -0.25) is 4.79 Å². The summed E-state index contributed by atoms with van der Waals surface area (Å²) < 4.78 is 4.01. The van der Waals surface area contributed by atoms with Crippen LogP contribution in [0.15, 0.2) is 5.38 Å². The van der Waals surface area contributed by atoms with Crippen LogP contribution in [0.1, 0.15) is 36.0 Å². The zero-order valence-corrected chi connectivity index (χ0v) is 12.8. The topological polar surface area (TPSA) is 62.5 Å². The number of hydrogen-bond donors (Lipinski definition) is 1. The van der Waals surface area contributed by atoms with Crippen molar-refractivity contribution in [1.29, 1.82) is 0 Å². The highest BCUT2D eigenvalue weighted by molar-refractivity contribution is 7.04. The molecule has 3 rings (SSSR count). The molecule has 20 heavy (non-hydrogen) atoms. The molecular weight excluding hydrogens is 272 g/mol. The first kappa shape index (κ1) is 13.8. The van der Waals surface area contributed by atoms with E-state index in [1.54, 1.807) is 5.38 Å². The number of nitrogen functional groups attached to an aromatic ring is 1. The maximum atomic E-state index is 12.6. The molecule has 1 spiro atoms. The maximum Gasteiger partial charge on any atom is 0.258 e. The van der Waals surface area contributed by atoms with Gasteiger partial charge in [-0.2, -0.15) is 4.37 Å². The third-order valence-electron chi connectivity index (χ3n) is 4.63. The minimum Gasteiger partial charge on any atom is -0.382 e. The second-order valence-electron chi connectivity index (χ2n) is 6.29. The van der Waals surface area contributed by atoms with Crippen molar-refractivity contribution in [1.82, 2.24) is 14.2 Å². The highest BCUT2D eigenvalue weighted by atomic mass is 32.1. The number of likely N-dealkylation sites (tertiary alicyclic amines) is 2. The monoisotopic (exact) mass is 294 g/mol. The number of amides is 1. The summed E-state index contributed by atoms with van der Waals surface area (Å²) in [6, 6.07) is 0. The van der Waals surface area contributed by atoms with E-state index >= 15 is 0 Å². The van der Waals surface area contributed by atoms with Gasteiger partial charge in [0.1, 0.15) is 5.82 Å². The molecule has 2 aliphatic rings. The van der Waals surface area contributed by atoms with Crippen molar-refractivity contribution in [2.75, 3.05) is 39.0 Å². The Morgan fingerprint density at radius 1 is 1.35 bits per heavy atom. The molecule has 0 aliphatic carbocycles. The smallest absolute Gasteiger partial charge is 0.258 e. The van der Waals surface area contributed by atoms with Crippen LogP contribution in [0, 0.1) is 5.41 Å². The van der Waals surface area contributed by atoms with Gasteiger partial charge in [-0.25, -0.2) is 0 Å². The van der Waals surface area contributed by atoms with Gasteiger partial charge in [0.05, 0.1) is 5.56 Å². The van der Waals surface area contributed by atoms with Gasteiger partial charge in [-0.15, -0.1) is 0 Å². The van der Waals surface area contributed by atoms with Crippen LogP contribution >= 0.6 is 11.5 Å². The van der Waals surface area contributed by atoms with Gasteiger partial charge in [0.15, 0.2) is 0 Å². The van der Waals surface area contributed by atoms with Gasteiger partial charge >= 0.3 is 0 Å². The third kappa shape index (κ3) is 2.54. The average molecular weight is 294 g/mol. The standard InChI is InChI=1S/C14H22N4OS/c1-17-6-2-4-14(9-17)5-3-7-18(10-14)13(19)11-8-20-16-12(11)15/h8H,2-7,9-10H2,1H3,(H2,15,16). The van der Waals surface area contributed by atoms with Crippen molar-refractivity contribution in [3.63, 3.8) is 0 Å². The predicted octanol–water partition coefficient (Wildman–Crippen LogP) is 1.67. The highest BCUT2D eigenvalue weighted by Crippen LogP contribution is 2.38. The molecule has 2 saturated heterocycles. The molecule has 1 aromatic rings. The molecule has 1 amide bonds. The van der Waals surface area contributed by atoms with Gasteiger partial charge < -0.3 is 15.5 Å². The van der Waals surface area contributed by atoms with Gasteiger partial charge in [0, 0.05) is 30.4 Å².